The number of aldehydes is 1. The van der Waals surface area contributed by atoms with Crippen molar-refractivity contribution in [3.05, 3.63) is 33.8 Å². The molecule has 0 bridgehead atoms. The number of anilines is 1. The standard InChI is InChI=1S/C12H9ClN2O3S/c13-11-10(5-16)19-12(15-11)14-4-7-1-2-8-9(3-7)18-6-17-8/h1-3,5H,4,6H2,(H,14,15). The summed E-state index contributed by atoms with van der Waals surface area (Å²) in [5, 5.41) is 3.96. The third-order valence-electron chi connectivity index (χ3n) is 2.60. The van der Waals surface area contributed by atoms with Crippen LogP contribution in [0.1, 0.15) is 15.2 Å². The number of hydrogen-bond donors (Lipinski definition) is 1. The minimum atomic E-state index is 0.230. The number of benzene rings is 1. The fourth-order valence-corrected chi connectivity index (χ4v) is 2.65. The molecule has 0 saturated carbocycles. The molecule has 0 amide bonds. The van der Waals surface area contributed by atoms with Gasteiger partial charge in [0.05, 0.1) is 0 Å². The normalized spacial score (nSPS) is 12.5. The Morgan fingerprint density at radius 3 is 3.05 bits per heavy atom. The van der Waals surface area contributed by atoms with E-state index in [0.717, 1.165) is 17.1 Å². The molecule has 19 heavy (non-hydrogen) atoms. The van der Waals surface area contributed by atoms with Crippen molar-refractivity contribution in [1.82, 2.24) is 4.98 Å². The maximum Gasteiger partial charge on any atom is 0.231 e. The van der Waals surface area contributed by atoms with Gasteiger partial charge in [-0.25, -0.2) is 4.98 Å². The van der Waals surface area contributed by atoms with Gasteiger partial charge in [0, 0.05) is 6.54 Å². The molecule has 1 aliphatic heterocycles. The van der Waals surface area contributed by atoms with Crippen LogP contribution in [0.25, 0.3) is 0 Å². The van der Waals surface area contributed by atoms with Crippen molar-refractivity contribution < 1.29 is 14.3 Å². The van der Waals surface area contributed by atoms with Gasteiger partial charge >= 0.3 is 0 Å². The molecule has 1 aromatic carbocycles. The molecule has 1 aliphatic rings. The number of carbonyl (C=O) groups excluding carboxylic acids is 1. The highest BCUT2D eigenvalue weighted by molar-refractivity contribution is 7.17. The Morgan fingerprint density at radius 1 is 1.42 bits per heavy atom. The predicted molar refractivity (Wildman–Crippen MR) is 72.4 cm³/mol. The number of rotatable bonds is 4. The van der Waals surface area contributed by atoms with E-state index in [4.69, 9.17) is 21.1 Å². The van der Waals surface area contributed by atoms with Crippen molar-refractivity contribution in [1.29, 1.82) is 0 Å². The Bertz CT molecular complexity index is 629. The number of nitrogens with zero attached hydrogens (tertiary/aromatic N) is 1. The Labute approximate surface area is 118 Å². The lowest BCUT2D eigenvalue weighted by Crippen LogP contribution is -1.98. The average Bonchev–Trinajstić information content (AvgIpc) is 3.01. The van der Waals surface area contributed by atoms with Gasteiger partial charge in [0.15, 0.2) is 28.1 Å². The van der Waals surface area contributed by atoms with Gasteiger partial charge in [0.1, 0.15) is 4.88 Å². The van der Waals surface area contributed by atoms with Crippen LogP contribution in [0.2, 0.25) is 5.15 Å². The first kappa shape index (κ1) is 12.3. The average molecular weight is 297 g/mol. The minimum absolute atomic E-state index is 0.230. The van der Waals surface area contributed by atoms with E-state index < -0.39 is 0 Å². The van der Waals surface area contributed by atoms with Crippen molar-refractivity contribution in [3.8, 4) is 11.5 Å². The van der Waals surface area contributed by atoms with Crippen LogP contribution in [0.5, 0.6) is 11.5 Å². The van der Waals surface area contributed by atoms with Gasteiger partial charge in [0.2, 0.25) is 6.79 Å². The van der Waals surface area contributed by atoms with Gasteiger partial charge in [-0.2, -0.15) is 0 Å². The highest BCUT2D eigenvalue weighted by atomic mass is 35.5. The summed E-state index contributed by atoms with van der Waals surface area (Å²) in [4.78, 5) is 15.2. The Balaban J connectivity index is 1.70. The molecule has 7 heteroatoms. The lowest BCUT2D eigenvalue weighted by Gasteiger charge is -2.03. The van der Waals surface area contributed by atoms with E-state index >= 15 is 0 Å². The lowest BCUT2D eigenvalue weighted by atomic mass is 10.2. The highest BCUT2D eigenvalue weighted by Crippen LogP contribution is 2.33. The summed E-state index contributed by atoms with van der Waals surface area (Å²) >= 11 is 7.02. The number of thiazole rings is 1. The number of hydrogen-bond acceptors (Lipinski definition) is 6. The van der Waals surface area contributed by atoms with Crippen molar-refractivity contribution in [2.24, 2.45) is 0 Å². The zero-order valence-corrected chi connectivity index (χ0v) is 11.3. The molecule has 0 fully saturated rings. The van der Waals surface area contributed by atoms with E-state index in [1.807, 2.05) is 18.2 Å². The van der Waals surface area contributed by atoms with Gasteiger partial charge < -0.3 is 14.8 Å². The van der Waals surface area contributed by atoms with Gasteiger partial charge in [-0.15, -0.1) is 0 Å². The first-order valence-corrected chi connectivity index (χ1v) is 6.69. The molecule has 98 valence electrons. The Morgan fingerprint density at radius 2 is 2.26 bits per heavy atom. The van der Waals surface area contributed by atoms with E-state index in [9.17, 15) is 4.79 Å². The lowest BCUT2D eigenvalue weighted by molar-refractivity contribution is 0.112. The summed E-state index contributed by atoms with van der Waals surface area (Å²) in [5.74, 6) is 1.49. The monoisotopic (exact) mass is 296 g/mol. The number of carbonyl (C=O) groups is 1. The van der Waals surface area contributed by atoms with Gasteiger partial charge in [-0.3, -0.25) is 4.79 Å². The number of fused-ring (bicyclic) bond motifs is 1. The molecule has 0 spiro atoms. The fraction of sp³-hybridized carbons (Fsp3) is 0.167. The highest BCUT2D eigenvalue weighted by Gasteiger charge is 2.13. The van der Waals surface area contributed by atoms with Crippen LogP contribution >= 0.6 is 22.9 Å². The van der Waals surface area contributed by atoms with Gasteiger partial charge in [-0.1, -0.05) is 29.0 Å². The SMILES string of the molecule is O=Cc1sc(NCc2ccc3c(c2)OCO3)nc1Cl. The molecule has 0 saturated heterocycles. The van der Waals surface area contributed by atoms with E-state index in [-0.39, 0.29) is 11.9 Å². The topological polar surface area (TPSA) is 60.5 Å². The summed E-state index contributed by atoms with van der Waals surface area (Å²) < 4.78 is 10.5. The minimum Gasteiger partial charge on any atom is -0.454 e. The second kappa shape index (κ2) is 5.07. The zero-order chi connectivity index (χ0) is 13.2. The van der Waals surface area contributed by atoms with Crippen LogP contribution in [0.15, 0.2) is 18.2 Å². The van der Waals surface area contributed by atoms with Crippen molar-refractivity contribution in [3.63, 3.8) is 0 Å². The number of halogens is 1. The molecule has 0 aliphatic carbocycles. The van der Waals surface area contributed by atoms with Crippen molar-refractivity contribution in [2.45, 2.75) is 6.54 Å². The summed E-state index contributed by atoms with van der Waals surface area (Å²) in [5.41, 5.74) is 1.03. The first-order valence-electron chi connectivity index (χ1n) is 5.50. The van der Waals surface area contributed by atoms with Crippen molar-refractivity contribution in [2.75, 3.05) is 12.1 Å². The summed E-state index contributed by atoms with van der Waals surface area (Å²) in [6.07, 6.45) is 0.700. The molecule has 0 unspecified atom stereocenters. The fourth-order valence-electron chi connectivity index (χ4n) is 1.69. The summed E-state index contributed by atoms with van der Waals surface area (Å²) in [7, 11) is 0. The van der Waals surface area contributed by atoms with Crippen LogP contribution in [0.3, 0.4) is 0 Å². The van der Waals surface area contributed by atoms with Crippen LogP contribution in [0, 0.1) is 0 Å². The molecule has 3 rings (SSSR count). The molecule has 2 aromatic rings. The van der Waals surface area contributed by atoms with Gasteiger partial charge in [-0.05, 0) is 17.7 Å². The molecular formula is C12H9ClN2O3S. The summed E-state index contributed by atoms with van der Waals surface area (Å²) in [6.45, 7) is 0.829. The quantitative estimate of drug-likeness (QED) is 0.879. The molecular weight excluding hydrogens is 288 g/mol. The maximum absolute atomic E-state index is 10.7. The molecule has 5 nitrogen and oxygen atoms in total. The number of ether oxygens (including phenoxy) is 2. The maximum atomic E-state index is 10.7. The smallest absolute Gasteiger partial charge is 0.231 e. The predicted octanol–water partition coefficient (Wildman–Crippen LogP) is 2.95. The molecule has 0 atom stereocenters. The van der Waals surface area contributed by atoms with Crippen LogP contribution in [-0.4, -0.2) is 18.1 Å². The van der Waals surface area contributed by atoms with Crippen LogP contribution in [0.4, 0.5) is 5.13 Å². The second-order valence-corrected chi connectivity index (χ2v) is 5.22. The van der Waals surface area contributed by atoms with Gasteiger partial charge in [0.25, 0.3) is 0 Å². The summed E-state index contributed by atoms with van der Waals surface area (Å²) in [6, 6.07) is 5.71. The molecule has 1 aromatic heterocycles. The van der Waals surface area contributed by atoms with E-state index in [0.29, 0.717) is 22.8 Å². The zero-order valence-electron chi connectivity index (χ0n) is 9.68. The third kappa shape index (κ3) is 2.50. The second-order valence-electron chi connectivity index (χ2n) is 3.83. The van der Waals surface area contributed by atoms with Crippen LogP contribution < -0.4 is 14.8 Å². The first-order chi connectivity index (χ1) is 9.26. The van der Waals surface area contributed by atoms with Crippen LogP contribution in [-0.2, 0) is 6.54 Å². The Hall–Kier alpha value is -1.79. The van der Waals surface area contributed by atoms with E-state index in [2.05, 4.69) is 10.3 Å². The Kier molecular flexibility index (Phi) is 3.27. The molecule has 2 heterocycles. The number of nitrogens with one attached hydrogen (secondary N) is 1. The largest absolute Gasteiger partial charge is 0.454 e. The number of aromatic nitrogens is 1. The molecule has 1 N–H and O–H groups in total. The third-order valence-corrected chi connectivity index (χ3v) is 3.94. The molecule has 0 radical (unpaired) electrons. The van der Waals surface area contributed by atoms with E-state index in [1.165, 1.54) is 11.3 Å². The van der Waals surface area contributed by atoms with E-state index in [1.54, 1.807) is 0 Å². The van der Waals surface area contributed by atoms with Crippen molar-refractivity contribution >= 4 is 34.4 Å².